The third kappa shape index (κ3) is 5.68. The smallest absolute Gasteiger partial charge is 0.0169 e. The van der Waals surface area contributed by atoms with Crippen molar-refractivity contribution in [3.05, 3.63) is 0 Å². The van der Waals surface area contributed by atoms with Crippen LogP contribution >= 0.6 is 0 Å². The lowest BCUT2D eigenvalue weighted by Gasteiger charge is -2.37. The van der Waals surface area contributed by atoms with Crippen molar-refractivity contribution in [3.8, 4) is 0 Å². The lowest BCUT2D eigenvalue weighted by Crippen LogP contribution is -2.49. The largest absolute Gasteiger partial charge is 0.310 e. The number of likely N-dealkylation sites (tertiary alicyclic amines) is 1. The van der Waals surface area contributed by atoms with Crippen molar-refractivity contribution in [1.82, 2.24) is 15.1 Å². The second kappa shape index (κ2) is 8.13. The minimum atomic E-state index is 0.580. The van der Waals surface area contributed by atoms with Gasteiger partial charge in [-0.2, -0.15) is 0 Å². The van der Waals surface area contributed by atoms with E-state index in [1.54, 1.807) is 0 Å². The van der Waals surface area contributed by atoms with Gasteiger partial charge in [-0.05, 0) is 66.2 Å². The van der Waals surface area contributed by atoms with Crippen molar-refractivity contribution in [3.63, 3.8) is 0 Å². The number of hydrogen-bond donors (Lipinski definition) is 1. The summed E-state index contributed by atoms with van der Waals surface area (Å²) < 4.78 is 0. The Labute approximate surface area is 114 Å². The molecule has 1 heterocycles. The van der Waals surface area contributed by atoms with E-state index in [-0.39, 0.29) is 0 Å². The highest BCUT2D eigenvalue weighted by Gasteiger charge is 2.24. The predicted octanol–water partition coefficient (Wildman–Crippen LogP) is 2.04. The molecule has 0 aliphatic carbocycles. The summed E-state index contributed by atoms with van der Waals surface area (Å²) in [5, 5.41) is 3.78. The zero-order chi connectivity index (χ0) is 13.5. The highest BCUT2D eigenvalue weighted by Crippen LogP contribution is 2.20. The van der Waals surface area contributed by atoms with Crippen LogP contribution in [-0.2, 0) is 0 Å². The summed E-state index contributed by atoms with van der Waals surface area (Å²) in [5.41, 5.74) is 0. The fraction of sp³-hybridized carbons (Fsp3) is 1.00. The third-order valence-corrected chi connectivity index (χ3v) is 3.98. The summed E-state index contributed by atoms with van der Waals surface area (Å²) >= 11 is 0. The van der Waals surface area contributed by atoms with Crippen LogP contribution in [0, 0.1) is 5.92 Å². The fourth-order valence-electron chi connectivity index (χ4n) is 3.20. The first-order valence-corrected chi connectivity index (χ1v) is 7.66. The minimum Gasteiger partial charge on any atom is -0.310 e. The summed E-state index contributed by atoms with van der Waals surface area (Å²) in [7, 11) is 4.29. The van der Waals surface area contributed by atoms with Gasteiger partial charge in [-0.1, -0.05) is 6.92 Å². The molecule has 1 fully saturated rings. The maximum Gasteiger partial charge on any atom is 0.0169 e. The Balaban J connectivity index is 2.33. The van der Waals surface area contributed by atoms with Crippen molar-refractivity contribution in [2.45, 2.75) is 52.1 Å². The molecule has 0 spiro atoms. The molecule has 3 unspecified atom stereocenters. The summed E-state index contributed by atoms with van der Waals surface area (Å²) in [6.45, 7) is 11.9. The lowest BCUT2D eigenvalue weighted by atomic mass is 9.91. The molecule has 1 N–H and O–H groups in total. The Hall–Kier alpha value is -0.120. The summed E-state index contributed by atoms with van der Waals surface area (Å²) in [6.07, 6.45) is 4.05. The first-order chi connectivity index (χ1) is 8.52. The van der Waals surface area contributed by atoms with E-state index in [9.17, 15) is 0 Å². The number of nitrogens with zero attached hydrogens (tertiary/aromatic N) is 2. The van der Waals surface area contributed by atoms with Crippen molar-refractivity contribution in [1.29, 1.82) is 0 Å². The molecule has 0 aromatic carbocycles. The number of hydrogen-bond acceptors (Lipinski definition) is 3. The van der Waals surface area contributed by atoms with Gasteiger partial charge in [0, 0.05) is 25.2 Å². The first kappa shape index (κ1) is 15.9. The highest BCUT2D eigenvalue weighted by molar-refractivity contribution is 4.82. The SMILES string of the molecule is CCCN1CCCC(C(C)NC(C)CN(C)C)C1. The van der Waals surface area contributed by atoms with Crippen LogP contribution in [0.1, 0.15) is 40.0 Å². The van der Waals surface area contributed by atoms with Gasteiger partial charge in [0.2, 0.25) is 0 Å². The lowest BCUT2D eigenvalue weighted by molar-refractivity contribution is 0.145. The third-order valence-electron chi connectivity index (χ3n) is 3.98. The standard InChI is InChI=1S/C15H33N3/c1-6-9-18-10-7-8-15(12-18)14(3)16-13(2)11-17(4)5/h13-16H,6-12H2,1-5H3. The molecule has 0 amide bonds. The highest BCUT2D eigenvalue weighted by atomic mass is 15.1. The number of nitrogens with one attached hydrogen (secondary N) is 1. The Morgan fingerprint density at radius 2 is 2.06 bits per heavy atom. The second-order valence-corrected chi connectivity index (χ2v) is 6.32. The molecule has 1 rings (SSSR count). The van der Waals surface area contributed by atoms with Gasteiger partial charge in [0.1, 0.15) is 0 Å². The molecule has 1 saturated heterocycles. The quantitative estimate of drug-likeness (QED) is 0.751. The second-order valence-electron chi connectivity index (χ2n) is 6.32. The van der Waals surface area contributed by atoms with Crippen LogP contribution in [-0.4, -0.2) is 62.2 Å². The van der Waals surface area contributed by atoms with Crippen molar-refractivity contribution >= 4 is 0 Å². The Morgan fingerprint density at radius 3 is 2.67 bits per heavy atom. The van der Waals surface area contributed by atoms with Crippen molar-refractivity contribution in [2.24, 2.45) is 5.92 Å². The van der Waals surface area contributed by atoms with Gasteiger partial charge in [0.05, 0.1) is 0 Å². The Kier molecular flexibility index (Phi) is 7.20. The summed E-state index contributed by atoms with van der Waals surface area (Å²) in [6, 6.07) is 1.22. The van der Waals surface area contributed by atoms with Crippen LogP contribution in [0.5, 0.6) is 0 Å². The Bertz CT molecular complexity index is 216. The predicted molar refractivity (Wildman–Crippen MR) is 80.1 cm³/mol. The maximum absolute atomic E-state index is 3.78. The van der Waals surface area contributed by atoms with Crippen LogP contribution in [0.25, 0.3) is 0 Å². The van der Waals surface area contributed by atoms with Gasteiger partial charge in [0.15, 0.2) is 0 Å². The van der Waals surface area contributed by atoms with E-state index in [4.69, 9.17) is 0 Å². The average molecular weight is 255 g/mol. The molecule has 1 aliphatic heterocycles. The van der Waals surface area contributed by atoms with E-state index >= 15 is 0 Å². The molecule has 3 atom stereocenters. The maximum atomic E-state index is 3.78. The van der Waals surface area contributed by atoms with Gasteiger partial charge in [0.25, 0.3) is 0 Å². The number of piperidine rings is 1. The molecule has 0 saturated carbocycles. The summed E-state index contributed by atoms with van der Waals surface area (Å²) in [4.78, 5) is 4.90. The molecule has 3 nitrogen and oxygen atoms in total. The van der Waals surface area contributed by atoms with Gasteiger partial charge in [-0.3, -0.25) is 0 Å². The molecule has 18 heavy (non-hydrogen) atoms. The van der Waals surface area contributed by atoms with Gasteiger partial charge < -0.3 is 15.1 Å². The first-order valence-electron chi connectivity index (χ1n) is 7.66. The minimum absolute atomic E-state index is 0.580. The average Bonchev–Trinajstić information content (AvgIpc) is 2.28. The van der Waals surface area contributed by atoms with E-state index in [1.165, 1.54) is 38.9 Å². The number of rotatable bonds is 7. The number of likely N-dealkylation sites (N-methyl/N-ethyl adjacent to an activating group) is 1. The van der Waals surface area contributed by atoms with Crippen LogP contribution < -0.4 is 5.32 Å². The van der Waals surface area contributed by atoms with Crippen molar-refractivity contribution in [2.75, 3.05) is 40.3 Å². The van der Waals surface area contributed by atoms with Gasteiger partial charge >= 0.3 is 0 Å². The fourth-order valence-corrected chi connectivity index (χ4v) is 3.20. The van der Waals surface area contributed by atoms with E-state index in [0.717, 1.165) is 12.5 Å². The van der Waals surface area contributed by atoms with Crippen LogP contribution in [0.15, 0.2) is 0 Å². The molecule has 3 heteroatoms. The van der Waals surface area contributed by atoms with Gasteiger partial charge in [-0.15, -0.1) is 0 Å². The van der Waals surface area contributed by atoms with Gasteiger partial charge in [-0.25, -0.2) is 0 Å². The molecular formula is C15H33N3. The zero-order valence-corrected chi connectivity index (χ0v) is 13.1. The molecule has 0 bridgehead atoms. The van der Waals surface area contributed by atoms with Crippen LogP contribution in [0.4, 0.5) is 0 Å². The molecule has 0 radical (unpaired) electrons. The molecule has 0 aromatic heterocycles. The normalized spacial score (nSPS) is 25.3. The van der Waals surface area contributed by atoms with E-state index in [2.05, 4.69) is 50.0 Å². The molecule has 0 aromatic rings. The van der Waals surface area contributed by atoms with E-state index in [0.29, 0.717) is 12.1 Å². The Morgan fingerprint density at radius 1 is 1.33 bits per heavy atom. The van der Waals surface area contributed by atoms with E-state index < -0.39 is 0 Å². The summed E-state index contributed by atoms with van der Waals surface area (Å²) in [5.74, 6) is 0.829. The molecule has 1 aliphatic rings. The van der Waals surface area contributed by atoms with Crippen molar-refractivity contribution < 1.29 is 0 Å². The topological polar surface area (TPSA) is 18.5 Å². The zero-order valence-electron chi connectivity index (χ0n) is 13.1. The molecular weight excluding hydrogens is 222 g/mol. The molecule has 108 valence electrons. The van der Waals surface area contributed by atoms with E-state index in [1.807, 2.05) is 0 Å². The van der Waals surface area contributed by atoms with Crippen LogP contribution in [0.2, 0.25) is 0 Å². The van der Waals surface area contributed by atoms with Crippen LogP contribution in [0.3, 0.4) is 0 Å². The monoisotopic (exact) mass is 255 g/mol.